The number of amides is 1. The Morgan fingerprint density at radius 2 is 1.85 bits per heavy atom. The number of aliphatic imine (C=N–C) groups is 1. The van der Waals surface area contributed by atoms with Crippen molar-refractivity contribution in [3.8, 4) is 0 Å². The molecule has 1 aliphatic carbocycles. The van der Waals surface area contributed by atoms with Crippen LogP contribution in [0, 0.1) is 5.41 Å². The van der Waals surface area contributed by atoms with E-state index in [1.54, 1.807) is 12.0 Å². The van der Waals surface area contributed by atoms with Crippen molar-refractivity contribution in [1.29, 1.82) is 0 Å². The van der Waals surface area contributed by atoms with Crippen molar-refractivity contribution < 1.29 is 9.53 Å². The van der Waals surface area contributed by atoms with Crippen LogP contribution >= 0.6 is 0 Å². The average molecular weight is 370 g/mol. The number of carbonyl (C=O) groups is 1. The zero-order valence-corrected chi connectivity index (χ0v) is 17.4. The molecule has 0 saturated heterocycles. The molecule has 0 aliphatic heterocycles. The first-order valence-corrected chi connectivity index (χ1v) is 9.86. The molecule has 1 rings (SSSR count). The highest BCUT2D eigenvalue weighted by Gasteiger charge is 2.41. The molecule has 1 saturated carbocycles. The maximum atomic E-state index is 12.7. The molecule has 0 aromatic heterocycles. The van der Waals surface area contributed by atoms with Crippen LogP contribution in [0.3, 0.4) is 0 Å². The van der Waals surface area contributed by atoms with Gasteiger partial charge >= 0.3 is 0 Å². The van der Waals surface area contributed by atoms with Crippen LogP contribution in [0.4, 0.5) is 0 Å². The number of nitrogens with zero attached hydrogens (tertiary/aromatic N) is 3. The van der Waals surface area contributed by atoms with Gasteiger partial charge in [-0.1, -0.05) is 12.8 Å². The molecule has 7 nitrogen and oxygen atoms in total. The Morgan fingerprint density at radius 1 is 1.15 bits per heavy atom. The molecule has 0 unspecified atom stereocenters. The van der Waals surface area contributed by atoms with Crippen LogP contribution in [0.5, 0.6) is 0 Å². The standard InChI is InChI=1S/C19H39N5O2/c1-6-20-18(21-12-9-13-24(4)14-15-26-5)22-16-19(10-7-8-11-19)17(25)23(2)3/h6-16H2,1-5H3,(H2,20,21,22). The van der Waals surface area contributed by atoms with Gasteiger partial charge in [0, 0.05) is 40.8 Å². The van der Waals surface area contributed by atoms with Crippen LogP contribution in [-0.2, 0) is 9.53 Å². The Hall–Kier alpha value is -1.34. The van der Waals surface area contributed by atoms with Crippen molar-refractivity contribution in [2.75, 3.05) is 67.6 Å². The normalized spacial score (nSPS) is 16.8. The average Bonchev–Trinajstić information content (AvgIpc) is 3.10. The molecule has 0 atom stereocenters. The molecule has 1 aliphatic rings. The summed E-state index contributed by atoms with van der Waals surface area (Å²) in [6, 6.07) is 0. The third-order valence-corrected chi connectivity index (χ3v) is 4.99. The van der Waals surface area contributed by atoms with Gasteiger partial charge in [0.05, 0.1) is 18.6 Å². The molecule has 0 heterocycles. The zero-order chi connectivity index (χ0) is 19.4. The van der Waals surface area contributed by atoms with E-state index < -0.39 is 0 Å². The first kappa shape index (κ1) is 22.7. The summed E-state index contributed by atoms with van der Waals surface area (Å²) in [4.78, 5) is 21.4. The number of hydrogen-bond donors (Lipinski definition) is 2. The van der Waals surface area contributed by atoms with Crippen molar-refractivity contribution >= 4 is 11.9 Å². The van der Waals surface area contributed by atoms with E-state index >= 15 is 0 Å². The first-order chi connectivity index (χ1) is 12.4. The van der Waals surface area contributed by atoms with Crippen LogP contribution < -0.4 is 10.6 Å². The summed E-state index contributed by atoms with van der Waals surface area (Å²) in [5, 5.41) is 6.69. The summed E-state index contributed by atoms with van der Waals surface area (Å²) in [5.74, 6) is 1.03. The maximum absolute atomic E-state index is 12.7. The summed E-state index contributed by atoms with van der Waals surface area (Å²) in [5.41, 5.74) is -0.313. The minimum atomic E-state index is -0.313. The number of nitrogens with one attached hydrogen (secondary N) is 2. The Balaban J connectivity index is 2.52. The van der Waals surface area contributed by atoms with Gasteiger partial charge in [0.25, 0.3) is 0 Å². The van der Waals surface area contributed by atoms with E-state index in [-0.39, 0.29) is 11.3 Å². The molecular formula is C19H39N5O2. The van der Waals surface area contributed by atoms with E-state index in [4.69, 9.17) is 9.73 Å². The molecule has 0 bridgehead atoms. The van der Waals surface area contributed by atoms with Gasteiger partial charge in [0.2, 0.25) is 5.91 Å². The van der Waals surface area contributed by atoms with Gasteiger partial charge in [-0.25, -0.2) is 0 Å². The maximum Gasteiger partial charge on any atom is 0.230 e. The molecule has 0 aromatic carbocycles. The first-order valence-electron chi connectivity index (χ1n) is 9.86. The zero-order valence-electron chi connectivity index (χ0n) is 17.4. The Morgan fingerprint density at radius 3 is 2.42 bits per heavy atom. The number of rotatable bonds is 11. The monoisotopic (exact) mass is 369 g/mol. The predicted octanol–water partition coefficient (Wildman–Crippen LogP) is 1.16. The number of guanidine groups is 1. The fourth-order valence-electron chi connectivity index (χ4n) is 3.45. The fraction of sp³-hybridized carbons (Fsp3) is 0.895. The van der Waals surface area contributed by atoms with E-state index in [0.29, 0.717) is 6.54 Å². The quantitative estimate of drug-likeness (QED) is 0.325. The molecular weight excluding hydrogens is 330 g/mol. The minimum absolute atomic E-state index is 0.217. The third kappa shape index (κ3) is 7.50. The second kappa shape index (κ2) is 12.1. The minimum Gasteiger partial charge on any atom is -0.383 e. The molecule has 152 valence electrons. The van der Waals surface area contributed by atoms with Crippen molar-refractivity contribution in [2.45, 2.75) is 39.0 Å². The van der Waals surface area contributed by atoms with E-state index in [1.165, 1.54) is 0 Å². The largest absolute Gasteiger partial charge is 0.383 e. The van der Waals surface area contributed by atoms with E-state index in [1.807, 2.05) is 14.1 Å². The Bertz CT molecular complexity index is 434. The van der Waals surface area contributed by atoms with Crippen molar-refractivity contribution in [2.24, 2.45) is 10.4 Å². The lowest BCUT2D eigenvalue weighted by molar-refractivity contribution is -0.138. The third-order valence-electron chi connectivity index (χ3n) is 4.99. The molecule has 0 radical (unpaired) electrons. The SMILES string of the molecule is CCNC(=NCC1(C(=O)N(C)C)CCCC1)NCCCN(C)CCOC. The molecule has 0 aromatic rings. The number of methoxy groups -OCH3 is 1. The fourth-order valence-corrected chi connectivity index (χ4v) is 3.45. The van der Waals surface area contributed by atoms with Gasteiger partial charge in [0.15, 0.2) is 5.96 Å². The number of likely N-dealkylation sites (N-methyl/N-ethyl adjacent to an activating group) is 1. The summed E-state index contributed by atoms with van der Waals surface area (Å²) in [7, 11) is 7.52. The van der Waals surface area contributed by atoms with Crippen LogP contribution in [0.15, 0.2) is 4.99 Å². The Labute approximate surface area is 159 Å². The van der Waals surface area contributed by atoms with Crippen molar-refractivity contribution in [3.63, 3.8) is 0 Å². The molecule has 7 heteroatoms. The van der Waals surface area contributed by atoms with Crippen molar-refractivity contribution in [1.82, 2.24) is 20.4 Å². The van der Waals surface area contributed by atoms with Crippen LogP contribution in [-0.4, -0.2) is 89.3 Å². The van der Waals surface area contributed by atoms with Crippen molar-refractivity contribution in [3.05, 3.63) is 0 Å². The highest BCUT2D eigenvalue weighted by molar-refractivity contribution is 5.84. The molecule has 0 spiro atoms. The smallest absolute Gasteiger partial charge is 0.230 e. The lowest BCUT2D eigenvalue weighted by Crippen LogP contribution is -2.43. The highest BCUT2D eigenvalue weighted by atomic mass is 16.5. The van der Waals surface area contributed by atoms with E-state index in [9.17, 15) is 4.79 Å². The Kier molecular flexibility index (Phi) is 10.6. The van der Waals surface area contributed by atoms with E-state index in [2.05, 4.69) is 29.5 Å². The summed E-state index contributed by atoms with van der Waals surface area (Å²) in [6.45, 7) is 7.01. The van der Waals surface area contributed by atoms with Crippen LogP contribution in [0.25, 0.3) is 0 Å². The topological polar surface area (TPSA) is 69.2 Å². The predicted molar refractivity (Wildman–Crippen MR) is 108 cm³/mol. The second-order valence-corrected chi connectivity index (χ2v) is 7.46. The van der Waals surface area contributed by atoms with Crippen LogP contribution in [0.1, 0.15) is 39.0 Å². The number of ether oxygens (including phenoxy) is 1. The second-order valence-electron chi connectivity index (χ2n) is 7.46. The lowest BCUT2D eigenvalue weighted by Gasteiger charge is -2.29. The van der Waals surface area contributed by atoms with Gasteiger partial charge in [-0.05, 0) is 39.8 Å². The van der Waals surface area contributed by atoms with E-state index in [0.717, 1.165) is 70.8 Å². The number of hydrogen-bond acceptors (Lipinski definition) is 4. The van der Waals surface area contributed by atoms with Crippen LogP contribution in [0.2, 0.25) is 0 Å². The molecule has 1 fully saturated rings. The summed E-state index contributed by atoms with van der Waals surface area (Å²) in [6.07, 6.45) is 5.15. The molecule has 1 amide bonds. The summed E-state index contributed by atoms with van der Waals surface area (Å²) < 4.78 is 5.10. The summed E-state index contributed by atoms with van der Waals surface area (Å²) >= 11 is 0. The van der Waals surface area contributed by atoms with Gasteiger partial charge in [0.1, 0.15) is 0 Å². The molecule has 2 N–H and O–H groups in total. The number of carbonyl (C=O) groups excluding carboxylic acids is 1. The molecule has 26 heavy (non-hydrogen) atoms. The van der Waals surface area contributed by atoms with Gasteiger partial charge in [-0.15, -0.1) is 0 Å². The van der Waals surface area contributed by atoms with Gasteiger partial charge in [-0.3, -0.25) is 9.79 Å². The van der Waals surface area contributed by atoms with Gasteiger partial charge < -0.3 is 25.2 Å². The lowest BCUT2D eigenvalue weighted by atomic mass is 9.85. The van der Waals surface area contributed by atoms with Gasteiger partial charge in [-0.2, -0.15) is 0 Å². The highest BCUT2D eigenvalue weighted by Crippen LogP contribution is 2.39.